The Morgan fingerprint density at radius 1 is 1.10 bits per heavy atom. The Morgan fingerprint density at radius 2 is 1.90 bits per heavy atom. The Labute approximate surface area is 180 Å². The van der Waals surface area contributed by atoms with Gasteiger partial charge in [-0.05, 0) is 56.5 Å². The minimum atomic E-state index is 0.0166. The number of nitrogens with one attached hydrogen (secondary N) is 2. The van der Waals surface area contributed by atoms with Crippen LogP contribution in [-0.2, 0) is 13.0 Å². The SMILES string of the molecule is CCNC(=NCc1ccc(C)cc1OCC)NCCc1cccc(C(=O)N(C)C)c1. The van der Waals surface area contributed by atoms with Crippen LogP contribution in [0.5, 0.6) is 5.75 Å². The highest BCUT2D eigenvalue weighted by Gasteiger charge is 2.08. The fourth-order valence-corrected chi connectivity index (χ4v) is 3.03. The van der Waals surface area contributed by atoms with E-state index < -0.39 is 0 Å². The second-order valence-electron chi connectivity index (χ2n) is 7.32. The lowest BCUT2D eigenvalue weighted by Gasteiger charge is -2.14. The van der Waals surface area contributed by atoms with Gasteiger partial charge in [0.15, 0.2) is 5.96 Å². The maximum Gasteiger partial charge on any atom is 0.253 e. The first-order valence-electron chi connectivity index (χ1n) is 10.5. The zero-order valence-electron chi connectivity index (χ0n) is 18.8. The number of carbonyl (C=O) groups excluding carboxylic acids is 1. The van der Waals surface area contributed by atoms with Crippen LogP contribution in [0.25, 0.3) is 0 Å². The lowest BCUT2D eigenvalue weighted by molar-refractivity contribution is 0.0827. The van der Waals surface area contributed by atoms with Gasteiger partial charge in [-0.1, -0.05) is 24.3 Å². The summed E-state index contributed by atoms with van der Waals surface area (Å²) in [7, 11) is 3.53. The van der Waals surface area contributed by atoms with Crippen molar-refractivity contribution in [2.45, 2.75) is 33.7 Å². The molecule has 6 heteroatoms. The highest BCUT2D eigenvalue weighted by atomic mass is 16.5. The minimum Gasteiger partial charge on any atom is -0.494 e. The van der Waals surface area contributed by atoms with E-state index in [1.807, 2.05) is 38.1 Å². The lowest BCUT2D eigenvalue weighted by Crippen LogP contribution is -2.38. The molecule has 2 aromatic carbocycles. The second-order valence-corrected chi connectivity index (χ2v) is 7.32. The third-order valence-electron chi connectivity index (χ3n) is 4.56. The number of ether oxygens (including phenoxy) is 1. The summed E-state index contributed by atoms with van der Waals surface area (Å²) in [5.41, 5.74) is 4.06. The lowest BCUT2D eigenvalue weighted by atomic mass is 10.1. The summed E-state index contributed by atoms with van der Waals surface area (Å²) >= 11 is 0. The maximum absolute atomic E-state index is 12.1. The van der Waals surface area contributed by atoms with E-state index in [2.05, 4.69) is 35.8 Å². The number of amides is 1. The number of benzene rings is 2. The molecule has 2 N–H and O–H groups in total. The summed E-state index contributed by atoms with van der Waals surface area (Å²) in [6.07, 6.45) is 0.799. The molecule has 0 spiro atoms. The molecule has 0 aromatic heterocycles. The van der Waals surface area contributed by atoms with Gasteiger partial charge >= 0.3 is 0 Å². The molecule has 0 atom stereocenters. The third kappa shape index (κ3) is 7.10. The molecule has 0 aliphatic rings. The Kier molecular flexibility index (Phi) is 9.19. The molecule has 2 aromatic rings. The number of hydrogen-bond donors (Lipinski definition) is 2. The summed E-state index contributed by atoms with van der Waals surface area (Å²) < 4.78 is 5.76. The molecule has 0 unspecified atom stereocenters. The van der Waals surface area contributed by atoms with E-state index in [1.54, 1.807) is 19.0 Å². The molecule has 0 saturated carbocycles. The van der Waals surface area contributed by atoms with E-state index in [1.165, 1.54) is 5.56 Å². The Bertz CT molecular complexity index is 862. The van der Waals surface area contributed by atoms with Crippen LogP contribution >= 0.6 is 0 Å². The van der Waals surface area contributed by atoms with Gasteiger partial charge in [-0.15, -0.1) is 0 Å². The predicted octanol–water partition coefficient (Wildman–Crippen LogP) is 3.39. The average molecular weight is 411 g/mol. The first kappa shape index (κ1) is 23.3. The van der Waals surface area contributed by atoms with Crippen molar-refractivity contribution in [1.29, 1.82) is 0 Å². The molecule has 0 aliphatic carbocycles. The minimum absolute atomic E-state index is 0.0166. The molecule has 162 valence electrons. The van der Waals surface area contributed by atoms with Gasteiger partial charge in [0.25, 0.3) is 5.91 Å². The van der Waals surface area contributed by atoms with Crippen molar-refractivity contribution < 1.29 is 9.53 Å². The van der Waals surface area contributed by atoms with Gasteiger partial charge in [-0.3, -0.25) is 4.79 Å². The van der Waals surface area contributed by atoms with Gasteiger partial charge in [0.1, 0.15) is 5.75 Å². The molecule has 0 bridgehead atoms. The standard InChI is InChI=1S/C24H34N4O2/c1-6-25-24(27-17-21-12-11-18(3)15-22(21)30-7-2)26-14-13-19-9-8-10-20(16-19)23(29)28(4)5/h8-12,15-16H,6-7,13-14,17H2,1-5H3,(H2,25,26,27). The van der Waals surface area contributed by atoms with Crippen LogP contribution < -0.4 is 15.4 Å². The third-order valence-corrected chi connectivity index (χ3v) is 4.56. The highest BCUT2D eigenvalue weighted by molar-refractivity contribution is 5.94. The fraction of sp³-hybridized carbons (Fsp3) is 0.417. The zero-order chi connectivity index (χ0) is 21.9. The number of nitrogens with zero attached hydrogens (tertiary/aromatic N) is 2. The van der Waals surface area contributed by atoms with Crippen molar-refractivity contribution in [3.63, 3.8) is 0 Å². The quantitative estimate of drug-likeness (QED) is 0.491. The molecule has 1 amide bonds. The van der Waals surface area contributed by atoms with Crippen molar-refractivity contribution in [2.24, 2.45) is 4.99 Å². The largest absolute Gasteiger partial charge is 0.494 e. The van der Waals surface area contributed by atoms with Crippen LogP contribution in [0, 0.1) is 6.92 Å². The van der Waals surface area contributed by atoms with Gasteiger partial charge < -0.3 is 20.3 Å². The van der Waals surface area contributed by atoms with Crippen LogP contribution in [0.3, 0.4) is 0 Å². The Balaban J connectivity index is 2.00. The van der Waals surface area contributed by atoms with Crippen molar-refractivity contribution >= 4 is 11.9 Å². The first-order chi connectivity index (χ1) is 14.4. The molecule has 0 heterocycles. The van der Waals surface area contributed by atoms with Crippen LogP contribution in [0.15, 0.2) is 47.5 Å². The van der Waals surface area contributed by atoms with Gasteiger partial charge in [-0.25, -0.2) is 4.99 Å². The number of rotatable bonds is 9. The fourth-order valence-electron chi connectivity index (χ4n) is 3.03. The summed E-state index contributed by atoms with van der Waals surface area (Å²) in [4.78, 5) is 18.5. The first-order valence-corrected chi connectivity index (χ1v) is 10.5. The molecule has 0 aliphatic heterocycles. The number of aryl methyl sites for hydroxylation is 1. The van der Waals surface area contributed by atoms with E-state index in [-0.39, 0.29) is 5.91 Å². The van der Waals surface area contributed by atoms with Gasteiger partial charge in [0.05, 0.1) is 13.2 Å². The summed E-state index contributed by atoms with van der Waals surface area (Å²) in [6.45, 7) is 8.77. The molecule has 6 nitrogen and oxygen atoms in total. The average Bonchev–Trinajstić information content (AvgIpc) is 2.73. The van der Waals surface area contributed by atoms with E-state index >= 15 is 0 Å². The summed E-state index contributed by atoms with van der Waals surface area (Å²) in [5, 5.41) is 6.66. The zero-order valence-corrected chi connectivity index (χ0v) is 18.8. The molecular formula is C24H34N4O2. The van der Waals surface area contributed by atoms with E-state index in [0.29, 0.717) is 18.7 Å². The van der Waals surface area contributed by atoms with Gasteiger partial charge in [-0.2, -0.15) is 0 Å². The molecule has 0 fully saturated rings. The second kappa shape index (κ2) is 11.9. The van der Waals surface area contributed by atoms with Crippen LogP contribution in [0.1, 0.15) is 40.9 Å². The molecule has 2 rings (SSSR count). The van der Waals surface area contributed by atoms with Crippen molar-refractivity contribution in [3.05, 3.63) is 64.7 Å². The Hall–Kier alpha value is -3.02. The van der Waals surface area contributed by atoms with Crippen molar-refractivity contribution in [3.8, 4) is 5.75 Å². The van der Waals surface area contributed by atoms with E-state index in [4.69, 9.17) is 9.73 Å². The number of hydrogen-bond acceptors (Lipinski definition) is 3. The van der Waals surface area contributed by atoms with Crippen molar-refractivity contribution in [1.82, 2.24) is 15.5 Å². The topological polar surface area (TPSA) is 66.0 Å². The van der Waals surface area contributed by atoms with Crippen molar-refractivity contribution in [2.75, 3.05) is 33.8 Å². The monoisotopic (exact) mass is 410 g/mol. The number of carbonyl (C=O) groups is 1. The molecular weight excluding hydrogens is 376 g/mol. The van der Waals surface area contributed by atoms with Gasteiger partial charge in [0.2, 0.25) is 0 Å². The predicted molar refractivity (Wildman–Crippen MR) is 123 cm³/mol. The maximum atomic E-state index is 12.1. The van der Waals surface area contributed by atoms with Crippen LogP contribution in [0.2, 0.25) is 0 Å². The normalized spacial score (nSPS) is 11.2. The number of aliphatic imine (C=N–C) groups is 1. The van der Waals surface area contributed by atoms with Gasteiger partial charge in [0, 0.05) is 38.3 Å². The highest BCUT2D eigenvalue weighted by Crippen LogP contribution is 2.21. The van der Waals surface area contributed by atoms with E-state index in [9.17, 15) is 4.79 Å². The molecule has 0 saturated heterocycles. The Morgan fingerprint density at radius 3 is 2.60 bits per heavy atom. The van der Waals surface area contributed by atoms with Crippen LogP contribution in [-0.4, -0.2) is 50.6 Å². The number of guanidine groups is 1. The molecule has 30 heavy (non-hydrogen) atoms. The summed E-state index contributed by atoms with van der Waals surface area (Å²) in [6, 6.07) is 14.0. The van der Waals surface area contributed by atoms with E-state index in [0.717, 1.165) is 42.3 Å². The summed E-state index contributed by atoms with van der Waals surface area (Å²) in [5.74, 6) is 1.67. The smallest absolute Gasteiger partial charge is 0.253 e. The molecule has 0 radical (unpaired) electrons. The van der Waals surface area contributed by atoms with Crippen LogP contribution in [0.4, 0.5) is 0 Å².